The Labute approximate surface area is 95.3 Å². The summed E-state index contributed by atoms with van der Waals surface area (Å²) >= 11 is 4.69. The van der Waals surface area contributed by atoms with Gasteiger partial charge in [0.2, 0.25) is 4.73 Å². The number of benzene rings is 1. The molecule has 1 aromatic heterocycles. The van der Waals surface area contributed by atoms with E-state index < -0.39 is 0 Å². The van der Waals surface area contributed by atoms with Gasteiger partial charge in [-0.25, -0.2) is 4.98 Å². The van der Waals surface area contributed by atoms with Crippen LogP contribution in [0, 0.1) is 6.92 Å². The number of rotatable bonds is 2. The highest BCUT2D eigenvalue weighted by atomic mass is 79.9. The quantitative estimate of drug-likeness (QED) is 0.836. The summed E-state index contributed by atoms with van der Waals surface area (Å²) in [6, 6.07) is 8.49. The summed E-state index contributed by atoms with van der Waals surface area (Å²) in [7, 11) is 0. The Morgan fingerprint density at radius 2 is 2.00 bits per heavy atom. The molecule has 14 heavy (non-hydrogen) atoms. The molecule has 72 valence electrons. The van der Waals surface area contributed by atoms with Crippen molar-refractivity contribution < 1.29 is 0 Å². The lowest BCUT2D eigenvalue weighted by Crippen LogP contribution is -1.86. The molecule has 0 saturated heterocycles. The number of hydrogen-bond acceptors (Lipinski definition) is 3. The smallest absolute Gasteiger partial charge is 0.209 e. The molecule has 1 aromatic carbocycles. The summed E-state index contributed by atoms with van der Waals surface area (Å²) in [4.78, 5) is 4.25. The third-order valence-electron chi connectivity index (χ3n) is 1.92. The van der Waals surface area contributed by atoms with E-state index in [9.17, 15) is 0 Å². The maximum absolute atomic E-state index is 4.25. The Bertz CT molecular complexity index is 422. The Morgan fingerprint density at radius 3 is 2.57 bits per heavy atom. The predicted octanol–water partition coefficient (Wildman–Crippen LogP) is 3.20. The summed E-state index contributed by atoms with van der Waals surface area (Å²) in [6.07, 6.45) is 0.865. The molecule has 0 spiro atoms. The second kappa shape index (κ2) is 4.19. The molecule has 0 aliphatic heterocycles. The van der Waals surface area contributed by atoms with Crippen molar-refractivity contribution in [2.75, 3.05) is 0 Å². The van der Waals surface area contributed by atoms with E-state index in [-0.39, 0.29) is 0 Å². The van der Waals surface area contributed by atoms with Crippen LogP contribution in [0.15, 0.2) is 29.0 Å². The van der Waals surface area contributed by atoms with Crippen LogP contribution in [0.4, 0.5) is 0 Å². The Balaban J connectivity index is 2.15. The third-order valence-corrected chi connectivity index (χ3v) is 3.22. The van der Waals surface area contributed by atoms with E-state index in [0.717, 1.165) is 11.4 Å². The normalized spacial score (nSPS) is 10.4. The number of aryl methyl sites for hydroxylation is 1. The molecule has 0 aliphatic carbocycles. The van der Waals surface area contributed by atoms with Gasteiger partial charge in [0.05, 0.1) is 0 Å². The first-order valence-electron chi connectivity index (χ1n) is 4.27. The zero-order valence-electron chi connectivity index (χ0n) is 7.70. The highest BCUT2D eigenvalue weighted by molar-refractivity contribution is 9.10. The van der Waals surface area contributed by atoms with Crippen molar-refractivity contribution in [3.8, 4) is 0 Å². The van der Waals surface area contributed by atoms with Gasteiger partial charge in [0, 0.05) is 6.42 Å². The Kier molecular flexibility index (Phi) is 2.93. The molecule has 4 heteroatoms. The molecule has 0 atom stereocenters. The van der Waals surface area contributed by atoms with E-state index >= 15 is 0 Å². The van der Waals surface area contributed by atoms with Crippen LogP contribution >= 0.6 is 27.5 Å². The van der Waals surface area contributed by atoms with E-state index in [1.165, 1.54) is 22.7 Å². The minimum atomic E-state index is 0.685. The predicted molar refractivity (Wildman–Crippen MR) is 61.6 cm³/mol. The van der Waals surface area contributed by atoms with Gasteiger partial charge in [0.15, 0.2) is 0 Å². The molecule has 0 radical (unpaired) electrons. The fourth-order valence-electron chi connectivity index (χ4n) is 1.19. The van der Waals surface area contributed by atoms with Crippen LogP contribution in [0.5, 0.6) is 0 Å². The molecule has 0 N–H and O–H groups in total. The van der Waals surface area contributed by atoms with Crippen molar-refractivity contribution in [3.05, 3.63) is 45.1 Å². The molecule has 0 amide bonds. The lowest BCUT2D eigenvalue weighted by molar-refractivity contribution is 1.10. The topological polar surface area (TPSA) is 25.8 Å². The Morgan fingerprint density at radius 1 is 1.29 bits per heavy atom. The van der Waals surface area contributed by atoms with Gasteiger partial charge >= 0.3 is 0 Å². The summed E-state index contributed by atoms with van der Waals surface area (Å²) in [5.41, 5.74) is 2.56. The van der Waals surface area contributed by atoms with Gasteiger partial charge in [-0.15, -0.1) is 0 Å². The highest BCUT2D eigenvalue weighted by Crippen LogP contribution is 2.14. The molecule has 1 heterocycles. The van der Waals surface area contributed by atoms with E-state index in [1.807, 2.05) is 0 Å². The van der Waals surface area contributed by atoms with Gasteiger partial charge in [0.1, 0.15) is 5.01 Å². The van der Waals surface area contributed by atoms with Crippen LogP contribution in [-0.4, -0.2) is 9.36 Å². The fourth-order valence-corrected chi connectivity index (χ4v) is 2.32. The van der Waals surface area contributed by atoms with E-state index in [0.29, 0.717) is 4.73 Å². The average Bonchev–Trinajstić information content (AvgIpc) is 2.56. The SMILES string of the molecule is Cc1ccc(Cc2nc(Br)ns2)cc1. The summed E-state index contributed by atoms with van der Waals surface area (Å²) < 4.78 is 4.76. The van der Waals surface area contributed by atoms with Crippen LogP contribution in [0.2, 0.25) is 0 Å². The van der Waals surface area contributed by atoms with Crippen molar-refractivity contribution in [2.45, 2.75) is 13.3 Å². The van der Waals surface area contributed by atoms with Crippen molar-refractivity contribution in [3.63, 3.8) is 0 Å². The van der Waals surface area contributed by atoms with Crippen molar-refractivity contribution >= 4 is 27.5 Å². The van der Waals surface area contributed by atoms with E-state index in [1.54, 1.807) is 0 Å². The van der Waals surface area contributed by atoms with Crippen molar-refractivity contribution in [1.82, 2.24) is 9.36 Å². The number of halogens is 1. The third kappa shape index (κ3) is 2.39. The summed E-state index contributed by atoms with van der Waals surface area (Å²) in [5, 5.41) is 1.04. The lowest BCUT2D eigenvalue weighted by Gasteiger charge is -1.97. The van der Waals surface area contributed by atoms with Crippen LogP contribution in [0.3, 0.4) is 0 Å². The average molecular weight is 269 g/mol. The van der Waals surface area contributed by atoms with Crippen LogP contribution < -0.4 is 0 Å². The molecule has 0 aliphatic rings. The van der Waals surface area contributed by atoms with Gasteiger partial charge < -0.3 is 0 Å². The van der Waals surface area contributed by atoms with Crippen molar-refractivity contribution in [2.24, 2.45) is 0 Å². The zero-order valence-corrected chi connectivity index (χ0v) is 10.1. The molecule has 2 rings (SSSR count). The van der Waals surface area contributed by atoms with E-state index in [2.05, 4.69) is 56.5 Å². The molecule has 0 saturated carbocycles. The number of aromatic nitrogens is 2. The standard InChI is InChI=1S/C10H9BrN2S/c1-7-2-4-8(5-3-7)6-9-12-10(11)13-14-9/h2-5H,6H2,1H3. The molecule has 2 nitrogen and oxygen atoms in total. The molecular weight excluding hydrogens is 260 g/mol. The van der Waals surface area contributed by atoms with Gasteiger partial charge in [0.25, 0.3) is 0 Å². The van der Waals surface area contributed by atoms with Crippen molar-refractivity contribution in [1.29, 1.82) is 0 Å². The maximum atomic E-state index is 4.25. The fraction of sp³-hybridized carbons (Fsp3) is 0.200. The van der Waals surface area contributed by atoms with Gasteiger partial charge in [-0.2, -0.15) is 4.37 Å². The minimum Gasteiger partial charge on any atom is -0.214 e. The van der Waals surface area contributed by atoms with Crippen LogP contribution in [0.25, 0.3) is 0 Å². The molecule has 2 aromatic rings. The first-order chi connectivity index (χ1) is 6.74. The molecule has 0 unspecified atom stereocenters. The second-order valence-corrected chi connectivity index (χ2v) is 4.67. The molecular formula is C10H9BrN2S. The Hall–Kier alpha value is -0.740. The van der Waals surface area contributed by atoms with Crippen LogP contribution in [0.1, 0.15) is 16.1 Å². The number of nitrogens with zero attached hydrogens (tertiary/aromatic N) is 2. The monoisotopic (exact) mass is 268 g/mol. The number of hydrogen-bond donors (Lipinski definition) is 0. The first-order valence-corrected chi connectivity index (χ1v) is 5.84. The minimum absolute atomic E-state index is 0.685. The summed E-state index contributed by atoms with van der Waals surface area (Å²) in [6.45, 7) is 2.09. The van der Waals surface area contributed by atoms with Crippen LogP contribution in [-0.2, 0) is 6.42 Å². The second-order valence-electron chi connectivity index (χ2n) is 3.12. The first kappa shape index (κ1) is 9.80. The maximum Gasteiger partial charge on any atom is 0.209 e. The van der Waals surface area contributed by atoms with Gasteiger partial charge in [-0.3, -0.25) is 0 Å². The highest BCUT2D eigenvalue weighted by Gasteiger charge is 2.02. The summed E-state index contributed by atoms with van der Waals surface area (Å²) in [5.74, 6) is 0. The van der Waals surface area contributed by atoms with E-state index in [4.69, 9.17) is 0 Å². The molecule has 0 bridgehead atoms. The lowest BCUT2D eigenvalue weighted by atomic mass is 10.1. The van der Waals surface area contributed by atoms with Gasteiger partial charge in [-0.1, -0.05) is 29.8 Å². The zero-order chi connectivity index (χ0) is 9.97. The van der Waals surface area contributed by atoms with Gasteiger partial charge in [-0.05, 0) is 39.9 Å². The molecule has 0 fully saturated rings. The largest absolute Gasteiger partial charge is 0.214 e.